The molecule has 0 aromatic heterocycles. The zero-order valence-electron chi connectivity index (χ0n) is 14.6. The van der Waals surface area contributed by atoms with Crippen LogP contribution in [-0.2, 0) is 0 Å². The van der Waals surface area contributed by atoms with Crippen LogP contribution in [0.3, 0.4) is 0 Å². The molecule has 0 radical (unpaired) electrons. The highest BCUT2D eigenvalue weighted by Gasteiger charge is 2.39. The summed E-state index contributed by atoms with van der Waals surface area (Å²) >= 11 is 0. The van der Waals surface area contributed by atoms with Crippen molar-refractivity contribution in [3.8, 4) is 0 Å². The molecule has 1 aliphatic rings. The smallest absolute Gasteiger partial charge is 0.106 e. The summed E-state index contributed by atoms with van der Waals surface area (Å²) in [5.41, 5.74) is 0. The molecular formula is C19H36O2P+. The highest BCUT2D eigenvalue weighted by Crippen LogP contribution is 2.37. The Labute approximate surface area is 138 Å². The first kappa shape index (κ1) is 19.9. The van der Waals surface area contributed by atoms with Crippen molar-refractivity contribution in [2.75, 3.05) is 12.8 Å². The van der Waals surface area contributed by atoms with Crippen LogP contribution in [0.4, 0.5) is 0 Å². The van der Waals surface area contributed by atoms with Crippen molar-refractivity contribution in [2.24, 2.45) is 11.8 Å². The van der Waals surface area contributed by atoms with E-state index in [0.717, 1.165) is 12.8 Å². The summed E-state index contributed by atoms with van der Waals surface area (Å²) in [5, 5.41) is 20.4. The molecule has 0 heterocycles. The molecule has 1 saturated carbocycles. The Morgan fingerprint density at radius 1 is 1.09 bits per heavy atom. The fraction of sp³-hybridized carbons (Fsp3) is 0.842. The Kier molecular flexibility index (Phi) is 10.3. The molecule has 2 N–H and O–H groups in total. The zero-order chi connectivity index (χ0) is 16.4. The maximum Gasteiger partial charge on any atom is 0.106 e. The third-order valence-corrected chi connectivity index (χ3v) is 5.91. The zero-order valence-corrected chi connectivity index (χ0v) is 15.5. The molecule has 0 amide bonds. The van der Waals surface area contributed by atoms with Gasteiger partial charge in [0.15, 0.2) is 0 Å². The third-order valence-electron chi connectivity index (χ3n) is 4.83. The number of aliphatic hydroxyl groups is 2. The molecule has 1 fully saturated rings. The van der Waals surface area contributed by atoms with E-state index >= 15 is 0 Å². The lowest BCUT2D eigenvalue weighted by Crippen LogP contribution is -2.20. The number of allylic oxidation sites excluding steroid dienone is 1. The van der Waals surface area contributed by atoms with Gasteiger partial charge in [-0.15, -0.1) is 0 Å². The number of hydrogen-bond donors (Lipinski definition) is 2. The van der Waals surface area contributed by atoms with Crippen molar-refractivity contribution >= 4 is 13.8 Å². The molecule has 0 aromatic carbocycles. The molecule has 0 spiro atoms. The van der Waals surface area contributed by atoms with Gasteiger partial charge in [-0.25, -0.2) is 0 Å². The minimum atomic E-state index is -0.358. The van der Waals surface area contributed by atoms with E-state index in [0.29, 0.717) is 6.42 Å². The topological polar surface area (TPSA) is 40.5 Å². The van der Waals surface area contributed by atoms with E-state index in [1.54, 1.807) is 0 Å². The Morgan fingerprint density at radius 2 is 1.82 bits per heavy atom. The second kappa shape index (κ2) is 11.4. The average molecular weight is 327 g/mol. The van der Waals surface area contributed by atoms with Gasteiger partial charge in [0, 0.05) is 12.3 Å². The molecule has 1 rings (SSSR count). The highest BCUT2D eigenvalue weighted by atomic mass is 31.1. The summed E-state index contributed by atoms with van der Waals surface area (Å²) < 4.78 is 0. The Hall–Kier alpha value is -0.170. The van der Waals surface area contributed by atoms with Gasteiger partial charge in [0.05, 0.1) is 32.7 Å². The molecule has 22 heavy (non-hydrogen) atoms. The van der Waals surface area contributed by atoms with Crippen molar-refractivity contribution in [3.63, 3.8) is 0 Å². The largest absolute Gasteiger partial charge is 0.393 e. The van der Waals surface area contributed by atoms with E-state index in [1.807, 2.05) is 0 Å². The lowest BCUT2D eigenvalue weighted by atomic mass is 9.88. The Morgan fingerprint density at radius 3 is 2.50 bits per heavy atom. The lowest BCUT2D eigenvalue weighted by molar-refractivity contribution is 0.115. The molecule has 2 nitrogen and oxygen atoms in total. The van der Waals surface area contributed by atoms with E-state index in [1.165, 1.54) is 44.7 Å². The van der Waals surface area contributed by atoms with Crippen LogP contribution in [0.5, 0.6) is 0 Å². The molecule has 1 aliphatic carbocycles. The number of rotatable bonds is 11. The molecule has 3 heteroatoms. The summed E-state index contributed by atoms with van der Waals surface area (Å²) in [6.45, 7) is 4.44. The normalized spacial score (nSPS) is 29.4. The van der Waals surface area contributed by atoms with Gasteiger partial charge in [-0.1, -0.05) is 51.2 Å². The molecule has 0 aliphatic heterocycles. The first-order chi connectivity index (χ1) is 10.6. The molecule has 0 aromatic rings. The fourth-order valence-corrected chi connectivity index (χ4v) is 4.22. The molecule has 5 atom stereocenters. The maximum atomic E-state index is 10.2. The fourth-order valence-electron chi connectivity index (χ4n) is 3.49. The lowest BCUT2D eigenvalue weighted by Gasteiger charge is -2.20. The molecule has 5 unspecified atom stereocenters. The van der Waals surface area contributed by atoms with Crippen LogP contribution in [0.15, 0.2) is 12.2 Å². The van der Waals surface area contributed by atoms with E-state index < -0.39 is 0 Å². The van der Waals surface area contributed by atoms with Crippen LogP contribution in [-0.4, -0.2) is 41.5 Å². The summed E-state index contributed by atoms with van der Waals surface area (Å²) in [6.07, 6.45) is 19.2. The molecule has 0 bridgehead atoms. The standard InChI is InChI=1S/C19H36O2P/c1-4-5-6-7-9-12-16-17(19(21)15-18(16)20)13-10-8-11-14-22(2)3/h10,13,16-21H,2,4-9,11-12,14-15H2,1,3H3/q+1. The van der Waals surface area contributed by atoms with Crippen molar-refractivity contribution < 1.29 is 10.2 Å². The van der Waals surface area contributed by atoms with E-state index in [2.05, 4.69) is 32.0 Å². The predicted molar refractivity (Wildman–Crippen MR) is 100 cm³/mol. The van der Waals surface area contributed by atoms with Gasteiger partial charge in [-0.2, -0.15) is 0 Å². The van der Waals surface area contributed by atoms with Crippen LogP contribution < -0.4 is 0 Å². The first-order valence-electron chi connectivity index (χ1n) is 9.10. The van der Waals surface area contributed by atoms with Gasteiger partial charge in [-0.05, 0) is 25.2 Å². The first-order valence-corrected chi connectivity index (χ1v) is 11.3. The van der Waals surface area contributed by atoms with Gasteiger partial charge < -0.3 is 10.2 Å². The minimum absolute atomic E-state index is 0.0388. The average Bonchev–Trinajstić information content (AvgIpc) is 2.72. The van der Waals surface area contributed by atoms with Crippen molar-refractivity contribution in [1.82, 2.24) is 0 Å². The summed E-state index contributed by atoms with van der Waals surface area (Å²) in [6, 6.07) is 0. The number of unbranched alkanes of at least 4 members (excludes halogenated alkanes) is 5. The van der Waals surface area contributed by atoms with Crippen LogP contribution in [0.25, 0.3) is 0 Å². The Balaban J connectivity index is 2.36. The number of hydrogen-bond acceptors (Lipinski definition) is 2. The van der Waals surface area contributed by atoms with Crippen LogP contribution >= 0.6 is 7.55 Å². The molecule has 128 valence electrons. The van der Waals surface area contributed by atoms with Gasteiger partial charge in [-0.3, -0.25) is 0 Å². The number of aliphatic hydroxyl groups excluding tert-OH is 2. The second-order valence-corrected chi connectivity index (χ2v) is 9.12. The molecular weight excluding hydrogens is 291 g/mol. The summed E-state index contributed by atoms with van der Waals surface area (Å²) in [7, 11) is -0.0388. The summed E-state index contributed by atoms with van der Waals surface area (Å²) in [5.74, 6) is 0.410. The van der Waals surface area contributed by atoms with Crippen LogP contribution in [0, 0.1) is 11.8 Å². The van der Waals surface area contributed by atoms with Crippen LogP contribution in [0.2, 0.25) is 0 Å². The van der Waals surface area contributed by atoms with Crippen molar-refractivity contribution in [2.45, 2.75) is 76.9 Å². The monoisotopic (exact) mass is 327 g/mol. The predicted octanol–water partition coefficient (Wildman–Crippen LogP) is 4.58. The van der Waals surface area contributed by atoms with Gasteiger partial charge in [0.25, 0.3) is 0 Å². The highest BCUT2D eigenvalue weighted by molar-refractivity contribution is 7.54. The van der Waals surface area contributed by atoms with E-state index in [4.69, 9.17) is 0 Å². The quantitative estimate of drug-likeness (QED) is 0.331. The van der Waals surface area contributed by atoms with Crippen LogP contribution in [0.1, 0.15) is 64.7 Å². The SMILES string of the molecule is C=[P+](C)CCCC=CC1C(O)CC(O)C1CCCCCCC. The second-order valence-electron chi connectivity index (χ2n) is 6.96. The van der Waals surface area contributed by atoms with Gasteiger partial charge in [0.2, 0.25) is 0 Å². The van der Waals surface area contributed by atoms with Gasteiger partial charge in [0.1, 0.15) is 6.16 Å². The molecule has 0 saturated heterocycles. The maximum absolute atomic E-state index is 10.2. The van der Waals surface area contributed by atoms with Crippen molar-refractivity contribution in [3.05, 3.63) is 12.2 Å². The van der Waals surface area contributed by atoms with E-state index in [9.17, 15) is 10.2 Å². The van der Waals surface area contributed by atoms with Gasteiger partial charge >= 0.3 is 0 Å². The third kappa shape index (κ3) is 7.40. The minimum Gasteiger partial charge on any atom is -0.393 e. The van der Waals surface area contributed by atoms with Crippen molar-refractivity contribution in [1.29, 1.82) is 0 Å². The summed E-state index contributed by atoms with van der Waals surface area (Å²) in [4.78, 5) is 0. The Bertz CT molecular complexity index is 340. The van der Waals surface area contributed by atoms with E-state index in [-0.39, 0.29) is 31.6 Å².